The number of aromatic nitrogens is 3. The van der Waals surface area contributed by atoms with Gasteiger partial charge in [0.2, 0.25) is 10.0 Å². The van der Waals surface area contributed by atoms with Gasteiger partial charge in [0, 0.05) is 19.3 Å². The molecule has 9 nitrogen and oxygen atoms in total. The van der Waals surface area contributed by atoms with Crippen molar-refractivity contribution in [1.82, 2.24) is 19.9 Å². The highest BCUT2D eigenvalue weighted by molar-refractivity contribution is 7.89. The Hall–Kier alpha value is -3.24. The summed E-state index contributed by atoms with van der Waals surface area (Å²) in [6, 6.07) is 15.2. The third-order valence-electron chi connectivity index (χ3n) is 3.68. The lowest BCUT2D eigenvalue weighted by Gasteiger charge is -2.09. The van der Waals surface area contributed by atoms with E-state index < -0.39 is 10.0 Å². The first-order chi connectivity index (χ1) is 13.6. The number of hydrogen-bond acceptors (Lipinski definition) is 8. The fourth-order valence-electron chi connectivity index (χ4n) is 2.28. The zero-order chi connectivity index (χ0) is 19.8. The molecule has 0 bridgehead atoms. The molecular weight excluding hydrogens is 380 g/mol. The molecule has 1 aromatic carbocycles. The second-order valence-electron chi connectivity index (χ2n) is 5.64. The lowest BCUT2D eigenvalue weighted by atomic mass is 10.3. The maximum Gasteiger partial charge on any atom is 0.240 e. The van der Waals surface area contributed by atoms with Crippen LogP contribution in [0.5, 0.6) is 5.75 Å². The quantitative estimate of drug-likeness (QED) is 0.467. The van der Waals surface area contributed by atoms with Gasteiger partial charge in [-0.15, -0.1) is 10.2 Å². The van der Waals surface area contributed by atoms with Crippen molar-refractivity contribution in [2.24, 2.45) is 0 Å². The minimum absolute atomic E-state index is 0.179. The Kier molecular flexibility index (Phi) is 6.35. The molecule has 0 saturated heterocycles. The van der Waals surface area contributed by atoms with Crippen LogP contribution in [0, 0.1) is 0 Å². The Labute approximate surface area is 163 Å². The van der Waals surface area contributed by atoms with Crippen molar-refractivity contribution in [2.45, 2.75) is 4.90 Å². The third kappa shape index (κ3) is 5.38. The molecule has 0 radical (unpaired) electrons. The van der Waals surface area contributed by atoms with Crippen molar-refractivity contribution in [3.05, 3.63) is 60.8 Å². The molecule has 2 heterocycles. The summed E-state index contributed by atoms with van der Waals surface area (Å²) in [4.78, 5) is 4.33. The zero-order valence-corrected chi connectivity index (χ0v) is 16.0. The topological polar surface area (TPSA) is 118 Å². The van der Waals surface area contributed by atoms with Gasteiger partial charge < -0.3 is 15.4 Å². The number of pyridine rings is 1. The van der Waals surface area contributed by atoms with Gasteiger partial charge in [0.25, 0.3) is 0 Å². The molecular formula is C18H20N6O3S. The molecule has 3 N–H and O–H groups in total. The molecule has 0 aliphatic heterocycles. The largest absolute Gasteiger partial charge is 0.497 e. The van der Waals surface area contributed by atoms with Crippen molar-refractivity contribution in [3.63, 3.8) is 0 Å². The van der Waals surface area contributed by atoms with E-state index in [9.17, 15) is 8.42 Å². The fraction of sp³-hybridized carbons (Fsp3) is 0.167. The van der Waals surface area contributed by atoms with Gasteiger partial charge >= 0.3 is 0 Å². The first kappa shape index (κ1) is 19.5. The number of hydrogen-bond donors (Lipinski definition) is 3. The van der Waals surface area contributed by atoms with Crippen LogP contribution in [0.4, 0.5) is 17.5 Å². The highest BCUT2D eigenvalue weighted by atomic mass is 32.2. The first-order valence-electron chi connectivity index (χ1n) is 8.46. The molecule has 0 aliphatic carbocycles. The van der Waals surface area contributed by atoms with E-state index in [1.807, 2.05) is 18.2 Å². The molecule has 0 atom stereocenters. The van der Waals surface area contributed by atoms with Crippen LogP contribution < -0.4 is 20.1 Å². The summed E-state index contributed by atoms with van der Waals surface area (Å²) in [5.74, 6) is 2.37. The SMILES string of the molecule is COc1ccc(S(=O)(=O)NCCNc2ccc(Nc3ccccn3)nn2)cc1. The van der Waals surface area contributed by atoms with Gasteiger partial charge in [-0.1, -0.05) is 6.07 Å². The molecule has 0 unspecified atom stereocenters. The van der Waals surface area contributed by atoms with Gasteiger partial charge in [-0.2, -0.15) is 0 Å². The number of rotatable bonds is 9. The van der Waals surface area contributed by atoms with Crippen LogP contribution in [-0.2, 0) is 10.0 Å². The summed E-state index contributed by atoms with van der Waals surface area (Å²) in [5, 5.41) is 14.1. The summed E-state index contributed by atoms with van der Waals surface area (Å²) in [6.45, 7) is 0.557. The van der Waals surface area contributed by atoms with Crippen molar-refractivity contribution in [2.75, 3.05) is 30.8 Å². The van der Waals surface area contributed by atoms with E-state index in [2.05, 4.69) is 30.5 Å². The van der Waals surface area contributed by atoms with E-state index in [1.165, 1.54) is 19.2 Å². The van der Waals surface area contributed by atoms with Crippen LogP contribution in [0.15, 0.2) is 65.7 Å². The molecule has 10 heteroatoms. The summed E-state index contributed by atoms with van der Waals surface area (Å²) >= 11 is 0. The normalized spacial score (nSPS) is 11.0. The van der Waals surface area contributed by atoms with Crippen LogP contribution in [0.3, 0.4) is 0 Å². The molecule has 0 fully saturated rings. The van der Waals surface area contributed by atoms with Crippen molar-refractivity contribution in [3.8, 4) is 5.75 Å². The second kappa shape index (κ2) is 9.11. The van der Waals surface area contributed by atoms with Crippen molar-refractivity contribution >= 4 is 27.5 Å². The number of sulfonamides is 1. The third-order valence-corrected chi connectivity index (χ3v) is 5.16. The number of nitrogens with zero attached hydrogens (tertiary/aromatic N) is 3. The summed E-state index contributed by atoms with van der Waals surface area (Å²) in [5.41, 5.74) is 0. The first-order valence-corrected chi connectivity index (χ1v) is 9.94. The van der Waals surface area contributed by atoms with Gasteiger partial charge in [0.05, 0.1) is 12.0 Å². The van der Waals surface area contributed by atoms with Gasteiger partial charge in [-0.25, -0.2) is 18.1 Å². The van der Waals surface area contributed by atoms with Crippen molar-refractivity contribution in [1.29, 1.82) is 0 Å². The van der Waals surface area contributed by atoms with Crippen LogP contribution in [0.2, 0.25) is 0 Å². The van der Waals surface area contributed by atoms with E-state index in [0.29, 0.717) is 29.7 Å². The van der Waals surface area contributed by atoms with Gasteiger partial charge in [-0.05, 0) is 48.5 Å². The number of nitrogens with one attached hydrogen (secondary N) is 3. The Morgan fingerprint density at radius 1 is 0.893 bits per heavy atom. The smallest absolute Gasteiger partial charge is 0.240 e. The second-order valence-corrected chi connectivity index (χ2v) is 7.41. The molecule has 0 amide bonds. The average molecular weight is 400 g/mol. The highest BCUT2D eigenvalue weighted by Gasteiger charge is 2.13. The predicted molar refractivity (Wildman–Crippen MR) is 106 cm³/mol. The van der Waals surface area contributed by atoms with Crippen molar-refractivity contribution < 1.29 is 13.2 Å². The van der Waals surface area contributed by atoms with Gasteiger partial charge in [0.1, 0.15) is 17.4 Å². The van der Waals surface area contributed by atoms with Crippen LogP contribution >= 0.6 is 0 Å². The zero-order valence-electron chi connectivity index (χ0n) is 15.2. The maximum atomic E-state index is 12.2. The van der Waals surface area contributed by atoms with Gasteiger partial charge in [0.15, 0.2) is 5.82 Å². The predicted octanol–water partition coefficient (Wildman–Crippen LogP) is 2.01. The molecule has 3 aromatic rings. The standard InChI is InChI=1S/C18H20N6O3S/c1-27-14-5-7-15(8-6-14)28(25,26)21-13-12-20-17-9-10-18(24-23-17)22-16-4-2-3-11-19-16/h2-11,21H,12-13H2,1H3,(H,20,23)(H,19,22,24). The summed E-state index contributed by atoms with van der Waals surface area (Å²) < 4.78 is 32.0. The van der Waals surface area contributed by atoms with E-state index >= 15 is 0 Å². The maximum absolute atomic E-state index is 12.2. The lowest BCUT2D eigenvalue weighted by Crippen LogP contribution is -2.29. The average Bonchev–Trinajstić information content (AvgIpc) is 2.73. The van der Waals surface area contributed by atoms with E-state index in [-0.39, 0.29) is 11.4 Å². The highest BCUT2D eigenvalue weighted by Crippen LogP contribution is 2.15. The Morgan fingerprint density at radius 3 is 2.29 bits per heavy atom. The Bertz CT molecular complexity index is 980. The molecule has 28 heavy (non-hydrogen) atoms. The summed E-state index contributed by atoms with van der Waals surface area (Å²) in [7, 11) is -2.05. The number of ether oxygens (including phenoxy) is 1. The Balaban J connectivity index is 1.46. The van der Waals surface area contributed by atoms with Crippen LogP contribution in [-0.4, -0.2) is 43.8 Å². The molecule has 3 rings (SSSR count). The monoisotopic (exact) mass is 400 g/mol. The lowest BCUT2D eigenvalue weighted by molar-refractivity contribution is 0.414. The number of anilines is 3. The number of methoxy groups -OCH3 is 1. The van der Waals surface area contributed by atoms with Crippen LogP contribution in [0.25, 0.3) is 0 Å². The summed E-state index contributed by atoms with van der Waals surface area (Å²) in [6.07, 6.45) is 1.68. The molecule has 146 valence electrons. The van der Waals surface area contributed by atoms with Gasteiger partial charge in [-0.3, -0.25) is 0 Å². The minimum Gasteiger partial charge on any atom is -0.497 e. The molecule has 2 aromatic heterocycles. The molecule has 0 aliphatic rings. The fourth-order valence-corrected chi connectivity index (χ4v) is 3.31. The van der Waals surface area contributed by atoms with E-state index in [1.54, 1.807) is 30.5 Å². The van der Waals surface area contributed by atoms with E-state index in [0.717, 1.165) is 0 Å². The Morgan fingerprint density at radius 2 is 1.64 bits per heavy atom. The number of benzene rings is 1. The van der Waals surface area contributed by atoms with E-state index in [4.69, 9.17) is 4.74 Å². The molecule has 0 spiro atoms. The molecule has 0 saturated carbocycles. The minimum atomic E-state index is -3.58. The van der Waals surface area contributed by atoms with Crippen LogP contribution in [0.1, 0.15) is 0 Å².